The van der Waals surface area contributed by atoms with E-state index in [2.05, 4.69) is 13.2 Å². The quantitative estimate of drug-likeness (QED) is 0.735. The molecule has 1 N–H and O–H groups in total. The van der Waals surface area contributed by atoms with Gasteiger partial charge in [-0.05, 0) is 36.1 Å². The largest absolute Gasteiger partial charge is 0.508 e. The van der Waals surface area contributed by atoms with Crippen LogP contribution < -0.4 is 0 Å². The molecule has 0 atom stereocenters. The summed E-state index contributed by atoms with van der Waals surface area (Å²) in [5, 5.41) is 9.43. The molecule has 1 aromatic rings. The van der Waals surface area contributed by atoms with Crippen molar-refractivity contribution in [1.29, 1.82) is 0 Å². The van der Waals surface area contributed by atoms with Crippen LogP contribution >= 0.6 is 0 Å². The van der Waals surface area contributed by atoms with Crippen LogP contribution in [0.5, 0.6) is 5.75 Å². The van der Waals surface area contributed by atoms with E-state index in [-0.39, 0.29) is 37.0 Å². The van der Waals surface area contributed by atoms with Gasteiger partial charge in [0.15, 0.2) is 0 Å². The summed E-state index contributed by atoms with van der Waals surface area (Å²) in [5.41, 5.74) is 0.117. The molecule has 1 aliphatic carbocycles. The molecule has 0 amide bonds. The van der Waals surface area contributed by atoms with Crippen LogP contribution in [0, 0.1) is 0 Å². The molecule has 22 heavy (non-hydrogen) atoms. The maximum atomic E-state index is 14.0. The molecular formula is C18H19F3O. The molecule has 4 heteroatoms. The Morgan fingerprint density at radius 2 is 1.64 bits per heavy atom. The first-order valence-electron chi connectivity index (χ1n) is 7.16. The number of rotatable bonds is 4. The van der Waals surface area contributed by atoms with E-state index < -0.39 is 17.2 Å². The summed E-state index contributed by atoms with van der Waals surface area (Å²) >= 11 is 0. The highest BCUT2D eigenvalue weighted by molar-refractivity contribution is 5.47. The van der Waals surface area contributed by atoms with Gasteiger partial charge < -0.3 is 5.11 Å². The molecule has 0 spiro atoms. The van der Waals surface area contributed by atoms with E-state index in [1.807, 2.05) is 0 Å². The Bertz CT molecular complexity index is 589. The van der Waals surface area contributed by atoms with Crippen molar-refractivity contribution in [3.05, 3.63) is 66.5 Å². The van der Waals surface area contributed by atoms with E-state index in [1.54, 1.807) is 12.1 Å². The molecule has 1 saturated carbocycles. The third kappa shape index (κ3) is 3.11. The van der Waals surface area contributed by atoms with Crippen molar-refractivity contribution in [1.82, 2.24) is 0 Å². The van der Waals surface area contributed by atoms with Crippen LogP contribution in [0.15, 0.2) is 61.0 Å². The Hall–Kier alpha value is -1.97. The van der Waals surface area contributed by atoms with Crippen LogP contribution in [-0.4, -0.2) is 11.0 Å². The Morgan fingerprint density at radius 1 is 1.09 bits per heavy atom. The molecule has 1 nitrogen and oxygen atoms in total. The number of phenolic OH excluding ortho intramolecular Hbond substituents is 1. The maximum absolute atomic E-state index is 14.0. The average molecular weight is 308 g/mol. The topological polar surface area (TPSA) is 20.2 Å². The Labute approximate surface area is 128 Å². The van der Waals surface area contributed by atoms with Crippen molar-refractivity contribution in [2.24, 2.45) is 0 Å². The molecule has 0 unspecified atom stereocenters. The molecule has 118 valence electrons. The minimum absolute atomic E-state index is 0.0772. The number of benzene rings is 1. The predicted molar refractivity (Wildman–Crippen MR) is 81.7 cm³/mol. The lowest BCUT2D eigenvalue weighted by Gasteiger charge is -2.42. The number of phenols is 1. The molecule has 2 rings (SSSR count). The third-order valence-electron chi connectivity index (χ3n) is 4.35. The highest BCUT2D eigenvalue weighted by Gasteiger charge is 2.46. The molecule has 0 saturated heterocycles. The summed E-state index contributed by atoms with van der Waals surface area (Å²) in [6.07, 6.45) is 2.56. The van der Waals surface area contributed by atoms with Gasteiger partial charge in [0.25, 0.3) is 0 Å². The van der Waals surface area contributed by atoms with Gasteiger partial charge in [-0.25, -0.2) is 13.2 Å². The van der Waals surface area contributed by atoms with Gasteiger partial charge in [-0.3, -0.25) is 0 Å². The maximum Gasteiger partial charge on any atom is 0.248 e. The molecule has 1 fully saturated rings. The van der Waals surface area contributed by atoms with E-state index in [0.717, 1.165) is 0 Å². The van der Waals surface area contributed by atoms with Crippen molar-refractivity contribution in [3.63, 3.8) is 0 Å². The Kier molecular flexibility index (Phi) is 4.50. The van der Waals surface area contributed by atoms with Gasteiger partial charge >= 0.3 is 0 Å². The van der Waals surface area contributed by atoms with E-state index in [0.29, 0.717) is 5.56 Å². The summed E-state index contributed by atoms with van der Waals surface area (Å²) in [4.78, 5) is 0. The molecule has 1 aromatic carbocycles. The third-order valence-corrected chi connectivity index (χ3v) is 4.35. The van der Waals surface area contributed by atoms with Crippen molar-refractivity contribution in [2.45, 2.75) is 37.0 Å². The van der Waals surface area contributed by atoms with Crippen LogP contribution in [0.4, 0.5) is 13.2 Å². The Balaban J connectivity index is 2.54. The molecule has 0 bridgehead atoms. The van der Waals surface area contributed by atoms with Gasteiger partial charge in [0, 0.05) is 18.3 Å². The molecule has 0 radical (unpaired) electrons. The lowest BCUT2D eigenvalue weighted by atomic mass is 9.63. The monoisotopic (exact) mass is 308 g/mol. The van der Waals surface area contributed by atoms with Crippen LogP contribution in [0.1, 0.15) is 31.2 Å². The zero-order chi connectivity index (χ0) is 16.4. The van der Waals surface area contributed by atoms with E-state index in [4.69, 9.17) is 0 Å². The second kappa shape index (κ2) is 6.03. The number of allylic oxidation sites excluding steroid dienone is 4. The first kappa shape index (κ1) is 16.4. The highest BCUT2D eigenvalue weighted by atomic mass is 19.3. The fourth-order valence-electron chi connectivity index (χ4n) is 3.16. The summed E-state index contributed by atoms with van der Waals surface area (Å²) < 4.78 is 41.2. The zero-order valence-electron chi connectivity index (χ0n) is 12.3. The minimum Gasteiger partial charge on any atom is -0.508 e. The SMILES string of the molecule is C=C/C=C(\C(=C)F)C1(c2ccc(O)cc2)CCC(F)(F)CC1. The zero-order valence-corrected chi connectivity index (χ0v) is 12.3. The van der Waals surface area contributed by atoms with Crippen molar-refractivity contribution < 1.29 is 18.3 Å². The summed E-state index contributed by atoms with van der Waals surface area (Å²) in [7, 11) is 0. The van der Waals surface area contributed by atoms with Gasteiger partial charge in [-0.1, -0.05) is 37.4 Å². The first-order valence-corrected chi connectivity index (χ1v) is 7.16. The number of alkyl halides is 2. The second-order valence-corrected chi connectivity index (χ2v) is 5.71. The van der Waals surface area contributed by atoms with E-state index in [1.165, 1.54) is 24.3 Å². The number of aromatic hydroxyl groups is 1. The smallest absolute Gasteiger partial charge is 0.248 e. The van der Waals surface area contributed by atoms with Crippen LogP contribution in [0.2, 0.25) is 0 Å². The van der Waals surface area contributed by atoms with Crippen molar-refractivity contribution in [3.8, 4) is 5.75 Å². The highest BCUT2D eigenvalue weighted by Crippen LogP contribution is 2.51. The van der Waals surface area contributed by atoms with Crippen LogP contribution in [0.25, 0.3) is 0 Å². The number of hydrogen-bond acceptors (Lipinski definition) is 1. The van der Waals surface area contributed by atoms with Gasteiger partial charge in [-0.2, -0.15) is 0 Å². The summed E-state index contributed by atoms with van der Waals surface area (Å²) in [6, 6.07) is 6.27. The van der Waals surface area contributed by atoms with E-state index >= 15 is 0 Å². The summed E-state index contributed by atoms with van der Waals surface area (Å²) in [6.45, 7) is 6.93. The molecule has 0 aliphatic heterocycles. The van der Waals surface area contributed by atoms with Gasteiger partial charge in [-0.15, -0.1) is 0 Å². The van der Waals surface area contributed by atoms with Crippen LogP contribution in [0.3, 0.4) is 0 Å². The van der Waals surface area contributed by atoms with Crippen LogP contribution in [-0.2, 0) is 5.41 Å². The summed E-state index contributed by atoms with van der Waals surface area (Å²) in [5.74, 6) is -3.29. The van der Waals surface area contributed by atoms with Crippen molar-refractivity contribution >= 4 is 0 Å². The van der Waals surface area contributed by atoms with Gasteiger partial charge in [0.1, 0.15) is 11.6 Å². The predicted octanol–water partition coefficient (Wildman–Crippen LogP) is 5.43. The van der Waals surface area contributed by atoms with Crippen molar-refractivity contribution in [2.75, 3.05) is 0 Å². The van der Waals surface area contributed by atoms with E-state index in [9.17, 15) is 18.3 Å². The minimum atomic E-state index is -2.72. The fourth-order valence-corrected chi connectivity index (χ4v) is 3.16. The fraction of sp³-hybridized carbons (Fsp3) is 0.333. The number of halogens is 3. The lowest BCUT2D eigenvalue weighted by molar-refractivity contribution is -0.0475. The number of hydrogen-bond donors (Lipinski definition) is 1. The normalized spacial score (nSPS) is 20.4. The lowest BCUT2D eigenvalue weighted by Crippen LogP contribution is -2.38. The van der Waals surface area contributed by atoms with Gasteiger partial charge in [0.05, 0.1) is 0 Å². The molecular weight excluding hydrogens is 289 g/mol. The average Bonchev–Trinajstić information content (AvgIpc) is 2.46. The first-order chi connectivity index (χ1) is 10.3. The molecule has 1 aliphatic rings. The molecule has 0 aromatic heterocycles. The Morgan fingerprint density at radius 3 is 2.09 bits per heavy atom. The second-order valence-electron chi connectivity index (χ2n) is 5.71. The standard InChI is InChI=1S/C18H19F3O/c1-3-4-16(13(2)19)17(9-11-18(20,21)12-10-17)14-5-7-15(22)8-6-14/h3-8,22H,1-2,9-12H2/b16-4+. The molecule has 0 heterocycles. The van der Waals surface area contributed by atoms with Gasteiger partial charge in [0.2, 0.25) is 5.92 Å².